The summed E-state index contributed by atoms with van der Waals surface area (Å²) in [7, 11) is 0. The van der Waals surface area contributed by atoms with Gasteiger partial charge >= 0.3 is 11.9 Å². The van der Waals surface area contributed by atoms with Gasteiger partial charge in [-0.15, -0.1) is 0 Å². The molecule has 4 heteroatoms. The first-order chi connectivity index (χ1) is 9.04. The average molecular weight is 262 g/mol. The van der Waals surface area contributed by atoms with E-state index in [9.17, 15) is 9.59 Å². The van der Waals surface area contributed by atoms with E-state index in [1.54, 1.807) is 0 Å². The van der Waals surface area contributed by atoms with Gasteiger partial charge in [-0.05, 0) is 23.6 Å². The molecule has 0 saturated carbocycles. The lowest BCUT2D eigenvalue weighted by Gasteiger charge is -2.20. The Hall–Kier alpha value is -1.84. The van der Waals surface area contributed by atoms with Crippen molar-refractivity contribution >= 4 is 11.9 Å². The molecule has 4 nitrogen and oxygen atoms in total. The quantitative estimate of drug-likeness (QED) is 0.618. The van der Waals surface area contributed by atoms with Gasteiger partial charge in [-0.3, -0.25) is 9.59 Å². The maximum Gasteiger partial charge on any atom is 0.314 e. The molecule has 2 rings (SSSR count). The van der Waals surface area contributed by atoms with Crippen molar-refractivity contribution in [3.05, 3.63) is 29.8 Å². The summed E-state index contributed by atoms with van der Waals surface area (Å²) in [5.74, 6) is 0.322. The van der Waals surface area contributed by atoms with Crippen molar-refractivity contribution in [2.45, 2.75) is 32.6 Å². The monoisotopic (exact) mass is 262 g/mol. The van der Waals surface area contributed by atoms with Crippen LogP contribution in [0.15, 0.2) is 24.3 Å². The van der Waals surface area contributed by atoms with Crippen LogP contribution in [0.5, 0.6) is 5.75 Å². The summed E-state index contributed by atoms with van der Waals surface area (Å²) in [6, 6.07) is 7.57. The summed E-state index contributed by atoms with van der Waals surface area (Å²) in [5.41, 5.74) is 0.974. The van der Waals surface area contributed by atoms with Crippen LogP contribution >= 0.6 is 0 Å². The Labute approximate surface area is 112 Å². The topological polar surface area (TPSA) is 52.6 Å². The summed E-state index contributed by atoms with van der Waals surface area (Å²) in [6.45, 7) is 4.86. The number of benzene rings is 1. The molecule has 1 fully saturated rings. The zero-order valence-electron chi connectivity index (χ0n) is 11.2. The standard InChI is InChI=1S/C15H18O4/c1-10(2)9-18-13-5-3-11(4-6-13)12-7-14(16)19-15(17)8-12/h3-6,10,12H,7-9H2,1-2H3. The molecule has 1 aliphatic heterocycles. The van der Waals surface area contributed by atoms with Crippen molar-refractivity contribution in [3.63, 3.8) is 0 Å². The summed E-state index contributed by atoms with van der Waals surface area (Å²) < 4.78 is 10.1. The predicted octanol–water partition coefficient (Wildman–Crippen LogP) is 2.67. The molecule has 0 radical (unpaired) electrons. The molecule has 0 N–H and O–H groups in total. The van der Waals surface area contributed by atoms with Gasteiger partial charge in [-0.2, -0.15) is 0 Å². The van der Waals surface area contributed by atoms with Gasteiger partial charge in [0.25, 0.3) is 0 Å². The number of hydrogen-bond donors (Lipinski definition) is 0. The smallest absolute Gasteiger partial charge is 0.314 e. The van der Waals surface area contributed by atoms with Gasteiger partial charge in [0, 0.05) is 5.92 Å². The minimum atomic E-state index is -0.443. The number of esters is 2. The Kier molecular flexibility index (Phi) is 4.20. The van der Waals surface area contributed by atoms with E-state index in [4.69, 9.17) is 4.74 Å². The van der Waals surface area contributed by atoms with Crippen molar-refractivity contribution in [3.8, 4) is 5.75 Å². The first kappa shape index (κ1) is 13.6. The summed E-state index contributed by atoms with van der Waals surface area (Å²) in [5, 5.41) is 0. The van der Waals surface area contributed by atoms with E-state index in [0.29, 0.717) is 12.5 Å². The zero-order valence-corrected chi connectivity index (χ0v) is 11.2. The van der Waals surface area contributed by atoms with Gasteiger partial charge in [0.15, 0.2) is 0 Å². The molecular weight excluding hydrogens is 244 g/mol. The highest BCUT2D eigenvalue weighted by molar-refractivity contribution is 5.89. The van der Waals surface area contributed by atoms with Crippen LogP contribution in [0.25, 0.3) is 0 Å². The Bertz CT molecular complexity index is 446. The summed E-state index contributed by atoms with van der Waals surface area (Å²) in [4.78, 5) is 22.5. The second-order valence-electron chi connectivity index (χ2n) is 5.23. The average Bonchev–Trinajstić information content (AvgIpc) is 2.36. The van der Waals surface area contributed by atoms with Crippen LogP contribution in [0, 0.1) is 5.92 Å². The molecule has 0 spiro atoms. The van der Waals surface area contributed by atoms with E-state index in [1.165, 1.54) is 0 Å². The van der Waals surface area contributed by atoms with Gasteiger partial charge in [0.2, 0.25) is 0 Å². The van der Waals surface area contributed by atoms with Crippen molar-refractivity contribution in [2.24, 2.45) is 5.92 Å². The van der Waals surface area contributed by atoms with E-state index in [0.717, 1.165) is 11.3 Å². The molecule has 0 aliphatic carbocycles. The summed E-state index contributed by atoms with van der Waals surface area (Å²) in [6.07, 6.45) is 0.524. The van der Waals surface area contributed by atoms with Gasteiger partial charge in [0.1, 0.15) is 5.75 Å². The van der Waals surface area contributed by atoms with Gasteiger partial charge in [-0.1, -0.05) is 26.0 Å². The predicted molar refractivity (Wildman–Crippen MR) is 69.8 cm³/mol. The van der Waals surface area contributed by atoms with E-state index in [-0.39, 0.29) is 18.8 Å². The highest BCUT2D eigenvalue weighted by atomic mass is 16.6. The molecule has 0 amide bonds. The number of rotatable bonds is 4. The molecule has 19 heavy (non-hydrogen) atoms. The van der Waals surface area contributed by atoms with Gasteiger partial charge in [0.05, 0.1) is 19.4 Å². The number of hydrogen-bond acceptors (Lipinski definition) is 4. The van der Waals surface area contributed by atoms with Crippen LogP contribution in [0.4, 0.5) is 0 Å². The molecule has 0 unspecified atom stereocenters. The largest absolute Gasteiger partial charge is 0.493 e. The Balaban J connectivity index is 2.01. The van der Waals surface area contributed by atoms with Crippen molar-refractivity contribution in [1.82, 2.24) is 0 Å². The normalized spacial score (nSPS) is 16.6. The molecule has 102 valence electrons. The fraction of sp³-hybridized carbons (Fsp3) is 0.467. The van der Waals surface area contributed by atoms with Crippen LogP contribution in [-0.4, -0.2) is 18.5 Å². The first-order valence-electron chi connectivity index (χ1n) is 6.51. The molecule has 0 bridgehead atoms. The summed E-state index contributed by atoms with van der Waals surface area (Å²) >= 11 is 0. The highest BCUT2D eigenvalue weighted by Crippen LogP contribution is 2.29. The van der Waals surface area contributed by atoms with Crippen molar-refractivity contribution in [2.75, 3.05) is 6.61 Å². The molecule has 1 aromatic carbocycles. The van der Waals surface area contributed by atoms with Gasteiger partial charge in [-0.25, -0.2) is 0 Å². The minimum Gasteiger partial charge on any atom is -0.493 e. The molecule has 0 atom stereocenters. The van der Waals surface area contributed by atoms with E-state index >= 15 is 0 Å². The minimum absolute atomic E-state index is 0.0760. The third kappa shape index (κ3) is 3.81. The van der Waals surface area contributed by atoms with Crippen LogP contribution < -0.4 is 4.74 Å². The molecule has 1 aliphatic rings. The fourth-order valence-corrected chi connectivity index (χ4v) is 2.02. The van der Waals surface area contributed by atoms with Crippen LogP contribution in [0.3, 0.4) is 0 Å². The van der Waals surface area contributed by atoms with E-state index in [1.807, 2.05) is 24.3 Å². The third-order valence-corrected chi connectivity index (χ3v) is 2.99. The highest BCUT2D eigenvalue weighted by Gasteiger charge is 2.28. The number of ether oxygens (including phenoxy) is 2. The number of carbonyl (C=O) groups is 2. The van der Waals surface area contributed by atoms with Crippen LogP contribution in [0.2, 0.25) is 0 Å². The maximum atomic E-state index is 11.2. The fourth-order valence-electron chi connectivity index (χ4n) is 2.02. The second kappa shape index (κ2) is 5.87. The maximum absolute atomic E-state index is 11.2. The third-order valence-electron chi connectivity index (χ3n) is 2.99. The van der Waals surface area contributed by atoms with Gasteiger partial charge < -0.3 is 9.47 Å². The first-order valence-corrected chi connectivity index (χ1v) is 6.51. The Morgan fingerprint density at radius 2 is 1.74 bits per heavy atom. The van der Waals surface area contributed by atoms with Crippen molar-refractivity contribution < 1.29 is 19.1 Å². The lowest BCUT2D eigenvalue weighted by atomic mass is 9.91. The zero-order chi connectivity index (χ0) is 13.8. The number of carbonyl (C=O) groups excluding carboxylic acids is 2. The van der Waals surface area contributed by atoms with Crippen LogP contribution in [-0.2, 0) is 14.3 Å². The van der Waals surface area contributed by atoms with Crippen LogP contribution in [0.1, 0.15) is 38.2 Å². The molecule has 1 aromatic rings. The SMILES string of the molecule is CC(C)COc1ccc(C2CC(=O)OC(=O)C2)cc1. The molecular formula is C15H18O4. The molecule has 1 saturated heterocycles. The molecule has 0 aromatic heterocycles. The Morgan fingerprint density at radius 1 is 1.16 bits per heavy atom. The second-order valence-corrected chi connectivity index (χ2v) is 5.23. The number of cyclic esters (lactones) is 2. The van der Waals surface area contributed by atoms with E-state index < -0.39 is 11.9 Å². The van der Waals surface area contributed by atoms with Crippen molar-refractivity contribution in [1.29, 1.82) is 0 Å². The van der Waals surface area contributed by atoms with E-state index in [2.05, 4.69) is 18.6 Å². The lowest BCUT2D eigenvalue weighted by molar-refractivity contribution is -0.163. The lowest BCUT2D eigenvalue weighted by Crippen LogP contribution is -2.24. The molecule has 1 heterocycles. The Morgan fingerprint density at radius 3 is 2.26 bits per heavy atom.